The first-order valence-electron chi connectivity index (χ1n) is 13.3. The molecule has 0 atom stereocenters. The summed E-state index contributed by atoms with van der Waals surface area (Å²) in [6, 6.07) is 17.6. The van der Waals surface area contributed by atoms with Gasteiger partial charge in [0.15, 0.2) is 0 Å². The summed E-state index contributed by atoms with van der Waals surface area (Å²) in [5.74, 6) is 0.0477. The van der Waals surface area contributed by atoms with Gasteiger partial charge in [0, 0.05) is 43.2 Å². The minimum Gasteiger partial charge on any atom is -0.508 e. The van der Waals surface area contributed by atoms with Gasteiger partial charge in [0.25, 0.3) is 5.91 Å². The van der Waals surface area contributed by atoms with Crippen molar-refractivity contribution >= 4 is 12.0 Å². The first-order chi connectivity index (χ1) is 19.1. The van der Waals surface area contributed by atoms with Gasteiger partial charge in [-0.05, 0) is 38.0 Å². The average molecular weight is 547 g/mol. The monoisotopic (exact) mass is 546 g/mol. The molecular formula is C31H34N2O7. The summed E-state index contributed by atoms with van der Waals surface area (Å²) in [7, 11) is 0. The van der Waals surface area contributed by atoms with Crippen LogP contribution >= 0.6 is 0 Å². The van der Waals surface area contributed by atoms with E-state index in [0.717, 1.165) is 22.8 Å². The molecule has 2 aliphatic heterocycles. The van der Waals surface area contributed by atoms with Gasteiger partial charge in [0.05, 0.1) is 13.2 Å². The number of ether oxygens (including phenoxy) is 3. The summed E-state index contributed by atoms with van der Waals surface area (Å²) >= 11 is 0. The SMILES string of the molecule is CC(C)(C)OC(=O)N1CC(COc2cccc3c2CN(C(=O)c2c(O)cc(O)cc2OCc2ccccc2)C3)C1. The molecule has 0 spiro atoms. The Kier molecular flexibility index (Phi) is 7.47. The number of rotatable bonds is 7. The molecule has 2 aliphatic rings. The molecule has 5 rings (SSSR count). The van der Waals surface area contributed by atoms with E-state index in [1.165, 1.54) is 6.07 Å². The molecular weight excluding hydrogens is 512 g/mol. The van der Waals surface area contributed by atoms with Gasteiger partial charge in [0.2, 0.25) is 0 Å². The van der Waals surface area contributed by atoms with E-state index in [4.69, 9.17) is 14.2 Å². The van der Waals surface area contributed by atoms with Crippen LogP contribution in [-0.2, 0) is 24.4 Å². The van der Waals surface area contributed by atoms with E-state index in [1.54, 1.807) is 9.80 Å². The largest absolute Gasteiger partial charge is 0.508 e. The number of fused-ring (bicyclic) bond motifs is 1. The molecule has 9 nitrogen and oxygen atoms in total. The standard InChI is InChI=1S/C31H34N2O7/c1-31(2,3)40-30(37)33-14-21(15-33)19-38-26-11-7-10-22-16-32(17-24(22)26)29(36)28-25(35)12-23(34)13-27(28)39-18-20-8-5-4-6-9-20/h4-13,21,34-35H,14-19H2,1-3H3. The second kappa shape index (κ2) is 11.0. The van der Waals surface area contributed by atoms with Gasteiger partial charge in [-0.15, -0.1) is 0 Å². The summed E-state index contributed by atoms with van der Waals surface area (Å²) in [5, 5.41) is 20.7. The lowest BCUT2D eigenvalue weighted by Crippen LogP contribution is -2.53. The van der Waals surface area contributed by atoms with E-state index < -0.39 is 11.5 Å². The fraction of sp³-hybridized carbons (Fsp3) is 0.355. The number of amides is 2. The molecule has 40 heavy (non-hydrogen) atoms. The van der Waals surface area contributed by atoms with Crippen LogP contribution in [0.25, 0.3) is 0 Å². The van der Waals surface area contributed by atoms with Crippen LogP contribution in [0.4, 0.5) is 4.79 Å². The Bertz CT molecular complexity index is 1390. The van der Waals surface area contributed by atoms with Gasteiger partial charge in [-0.1, -0.05) is 42.5 Å². The van der Waals surface area contributed by atoms with Gasteiger partial charge >= 0.3 is 6.09 Å². The number of phenolic OH excluding ortho intramolecular Hbond substituents is 2. The van der Waals surface area contributed by atoms with Crippen LogP contribution in [0.5, 0.6) is 23.0 Å². The van der Waals surface area contributed by atoms with Crippen molar-refractivity contribution in [2.45, 2.75) is 46.1 Å². The van der Waals surface area contributed by atoms with Gasteiger partial charge in [-0.25, -0.2) is 4.79 Å². The zero-order valence-electron chi connectivity index (χ0n) is 22.9. The van der Waals surface area contributed by atoms with Crippen molar-refractivity contribution in [3.8, 4) is 23.0 Å². The molecule has 0 saturated carbocycles. The molecule has 210 valence electrons. The summed E-state index contributed by atoms with van der Waals surface area (Å²) in [5.41, 5.74) is 2.22. The van der Waals surface area contributed by atoms with Crippen LogP contribution in [0.15, 0.2) is 60.7 Å². The molecule has 2 heterocycles. The third-order valence-corrected chi connectivity index (χ3v) is 6.83. The minimum absolute atomic E-state index is 0.000655. The van der Waals surface area contributed by atoms with Crippen molar-refractivity contribution in [3.05, 3.63) is 82.9 Å². The van der Waals surface area contributed by atoms with Crippen LogP contribution in [0, 0.1) is 5.92 Å². The molecule has 0 bridgehead atoms. The first kappa shape index (κ1) is 27.2. The van der Waals surface area contributed by atoms with Gasteiger partial charge in [0.1, 0.15) is 40.8 Å². The maximum absolute atomic E-state index is 13.6. The number of benzene rings is 3. The molecule has 2 amide bonds. The van der Waals surface area contributed by atoms with Crippen molar-refractivity contribution in [3.63, 3.8) is 0 Å². The number of hydrogen-bond donors (Lipinski definition) is 2. The second-order valence-electron chi connectivity index (χ2n) is 11.2. The van der Waals surface area contributed by atoms with Crippen LogP contribution in [-0.4, -0.2) is 57.3 Å². The lowest BCUT2D eigenvalue weighted by molar-refractivity contribution is -0.00788. The van der Waals surface area contributed by atoms with E-state index in [9.17, 15) is 19.8 Å². The molecule has 1 fully saturated rings. The molecule has 0 aliphatic carbocycles. The number of likely N-dealkylation sites (tertiary alicyclic amines) is 1. The fourth-order valence-electron chi connectivity index (χ4n) is 4.84. The highest BCUT2D eigenvalue weighted by Crippen LogP contribution is 2.38. The lowest BCUT2D eigenvalue weighted by Gasteiger charge is -2.39. The zero-order valence-corrected chi connectivity index (χ0v) is 22.9. The zero-order chi connectivity index (χ0) is 28.4. The maximum atomic E-state index is 13.6. The van der Waals surface area contributed by atoms with Crippen molar-refractivity contribution < 1.29 is 34.0 Å². The van der Waals surface area contributed by atoms with E-state index >= 15 is 0 Å². The highest BCUT2D eigenvalue weighted by molar-refractivity contribution is 6.00. The second-order valence-corrected chi connectivity index (χ2v) is 11.2. The Morgan fingerprint density at radius 2 is 1.65 bits per heavy atom. The van der Waals surface area contributed by atoms with E-state index in [1.807, 2.05) is 69.3 Å². The summed E-state index contributed by atoms with van der Waals surface area (Å²) in [4.78, 5) is 29.1. The van der Waals surface area contributed by atoms with Crippen molar-refractivity contribution in [2.75, 3.05) is 19.7 Å². The third-order valence-electron chi connectivity index (χ3n) is 6.83. The third kappa shape index (κ3) is 6.09. The Morgan fingerprint density at radius 1 is 0.900 bits per heavy atom. The predicted molar refractivity (Wildman–Crippen MR) is 147 cm³/mol. The Balaban J connectivity index is 1.23. The van der Waals surface area contributed by atoms with E-state index in [0.29, 0.717) is 38.5 Å². The van der Waals surface area contributed by atoms with Crippen molar-refractivity contribution in [2.24, 2.45) is 5.92 Å². The normalized spacial score (nSPS) is 14.9. The smallest absolute Gasteiger partial charge is 0.410 e. The summed E-state index contributed by atoms with van der Waals surface area (Å²) < 4.78 is 17.4. The molecule has 0 aromatic heterocycles. The van der Waals surface area contributed by atoms with Crippen molar-refractivity contribution in [1.29, 1.82) is 0 Å². The number of phenols is 2. The summed E-state index contributed by atoms with van der Waals surface area (Å²) in [6.45, 7) is 7.94. The van der Waals surface area contributed by atoms with Crippen LogP contribution < -0.4 is 9.47 Å². The van der Waals surface area contributed by atoms with Crippen LogP contribution in [0.3, 0.4) is 0 Å². The molecule has 0 radical (unpaired) electrons. The summed E-state index contributed by atoms with van der Waals surface area (Å²) in [6.07, 6.45) is -0.317. The topological polar surface area (TPSA) is 109 Å². The fourth-order valence-corrected chi connectivity index (χ4v) is 4.84. The number of carbonyl (C=O) groups excluding carboxylic acids is 2. The molecule has 3 aromatic carbocycles. The molecule has 0 unspecified atom stereocenters. The lowest BCUT2D eigenvalue weighted by atomic mass is 10.0. The van der Waals surface area contributed by atoms with Gasteiger partial charge in [-0.3, -0.25) is 4.79 Å². The number of nitrogens with zero attached hydrogens (tertiary/aromatic N) is 2. The van der Waals surface area contributed by atoms with E-state index in [2.05, 4.69) is 0 Å². The highest BCUT2D eigenvalue weighted by atomic mass is 16.6. The highest BCUT2D eigenvalue weighted by Gasteiger charge is 2.35. The van der Waals surface area contributed by atoms with Crippen molar-refractivity contribution in [1.82, 2.24) is 9.80 Å². The molecule has 1 saturated heterocycles. The molecule has 3 aromatic rings. The Labute approximate surface area is 233 Å². The minimum atomic E-state index is -0.529. The average Bonchev–Trinajstić information content (AvgIpc) is 3.31. The van der Waals surface area contributed by atoms with E-state index in [-0.39, 0.29) is 41.4 Å². The van der Waals surface area contributed by atoms with Gasteiger partial charge < -0.3 is 34.2 Å². The first-order valence-corrected chi connectivity index (χ1v) is 13.3. The molecule has 9 heteroatoms. The number of carbonyl (C=O) groups is 2. The van der Waals surface area contributed by atoms with Gasteiger partial charge in [-0.2, -0.15) is 0 Å². The predicted octanol–water partition coefficient (Wildman–Crippen LogP) is 5.08. The Morgan fingerprint density at radius 3 is 2.38 bits per heavy atom. The quantitative estimate of drug-likeness (QED) is 0.426. The number of aromatic hydroxyl groups is 2. The van der Waals surface area contributed by atoms with Crippen LogP contribution in [0.2, 0.25) is 0 Å². The molecule has 2 N–H and O–H groups in total. The number of hydrogen-bond acceptors (Lipinski definition) is 7. The maximum Gasteiger partial charge on any atom is 0.410 e. The van der Waals surface area contributed by atoms with Crippen LogP contribution in [0.1, 0.15) is 47.8 Å². The Hall–Kier alpha value is -4.40.